The summed E-state index contributed by atoms with van der Waals surface area (Å²) in [5.74, 6) is -2.60. The second-order valence-electron chi connectivity index (χ2n) is 7.65. The predicted octanol–water partition coefficient (Wildman–Crippen LogP) is 3.63. The van der Waals surface area contributed by atoms with E-state index in [-0.39, 0.29) is 18.3 Å². The summed E-state index contributed by atoms with van der Waals surface area (Å²) in [5.41, 5.74) is 2.82. The van der Waals surface area contributed by atoms with Crippen LogP contribution in [0.5, 0.6) is 5.75 Å². The van der Waals surface area contributed by atoms with E-state index in [4.69, 9.17) is 14.2 Å². The van der Waals surface area contributed by atoms with Crippen molar-refractivity contribution in [1.82, 2.24) is 5.32 Å². The highest BCUT2D eigenvalue weighted by atomic mass is 79.9. The third kappa shape index (κ3) is 4.13. The van der Waals surface area contributed by atoms with E-state index < -0.39 is 23.8 Å². The second kappa shape index (κ2) is 9.26. The molecule has 0 aromatic heterocycles. The van der Waals surface area contributed by atoms with Gasteiger partial charge in [0.25, 0.3) is 0 Å². The van der Waals surface area contributed by atoms with E-state index in [1.807, 2.05) is 19.1 Å². The lowest BCUT2D eigenvalue weighted by Gasteiger charge is -2.38. The van der Waals surface area contributed by atoms with Crippen molar-refractivity contribution in [2.45, 2.75) is 33.1 Å². The molecule has 3 rings (SSSR count). The molecule has 3 atom stereocenters. The average molecular weight is 492 g/mol. The van der Waals surface area contributed by atoms with Gasteiger partial charge in [-0.25, -0.2) is 4.79 Å². The van der Waals surface area contributed by atoms with Gasteiger partial charge in [-0.3, -0.25) is 9.59 Å². The Balaban J connectivity index is 2.21. The average Bonchev–Trinajstić information content (AvgIpc) is 2.72. The van der Waals surface area contributed by atoms with Crippen LogP contribution in [0.2, 0.25) is 0 Å². The third-order valence-electron chi connectivity index (χ3n) is 5.75. The number of carbonyl (C=O) groups is 3. The summed E-state index contributed by atoms with van der Waals surface area (Å²) in [6.45, 7) is 5.58. The molecule has 1 aliphatic carbocycles. The molecule has 166 valence electrons. The SMILES string of the molecule is CCOC(=O)C1=C(C)NC2=C(C(=O)[C@H](C(=O)OC)[C@@H](C)C2)[C@@H]1c1ccc(OC)c(Br)c1. The predicted molar refractivity (Wildman–Crippen MR) is 117 cm³/mol. The van der Waals surface area contributed by atoms with Crippen molar-refractivity contribution < 1.29 is 28.6 Å². The van der Waals surface area contributed by atoms with Crippen molar-refractivity contribution in [3.8, 4) is 5.75 Å². The van der Waals surface area contributed by atoms with Crippen LogP contribution in [-0.2, 0) is 23.9 Å². The lowest BCUT2D eigenvalue weighted by atomic mass is 9.69. The van der Waals surface area contributed by atoms with Crippen LogP contribution in [-0.4, -0.2) is 38.5 Å². The maximum atomic E-state index is 13.6. The van der Waals surface area contributed by atoms with Crippen LogP contribution in [0.1, 0.15) is 38.7 Å². The van der Waals surface area contributed by atoms with Gasteiger partial charge in [-0.05, 0) is 59.8 Å². The number of hydrogen-bond donors (Lipinski definition) is 1. The molecule has 8 heteroatoms. The van der Waals surface area contributed by atoms with Crippen LogP contribution in [0.4, 0.5) is 0 Å². The van der Waals surface area contributed by atoms with Crippen LogP contribution in [0.25, 0.3) is 0 Å². The first-order chi connectivity index (χ1) is 14.7. The largest absolute Gasteiger partial charge is 0.496 e. The zero-order chi connectivity index (χ0) is 22.9. The maximum absolute atomic E-state index is 13.6. The quantitative estimate of drug-likeness (QED) is 0.496. The Labute approximate surface area is 189 Å². The molecular weight excluding hydrogens is 466 g/mol. The first-order valence-electron chi connectivity index (χ1n) is 10.1. The summed E-state index contributed by atoms with van der Waals surface area (Å²) < 4.78 is 16.2. The van der Waals surface area contributed by atoms with Gasteiger partial charge in [-0.1, -0.05) is 13.0 Å². The molecule has 1 aromatic carbocycles. The minimum Gasteiger partial charge on any atom is -0.496 e. The highest BCUT2D eigenvalue weighted by Crippen LogP contribution is 2.46. The topological polar surface area (TPSA) is 90.9 Å². The molecule has 0 spiro atoms. The molecule has 0 saturated heterocycles. The Morgan fingerprint density at radius 1 is 1.26 bits per heavy atom. The minimum absolute atomic E-state index is 0.205. The lowest BCUT2D eigenvalue weighted by Crippen LogP contribution is -2.43. The second-order valence-corrected chi connectivity index (χ2v) is 8.50. The standard InChI is InChI=1S/C23H26BrNO6/c1-6-31-23(28)18-12(3)25-15-9-11(2)17(22(27)30-5)21(26)20(15)19(18)13-7-8-16(29-4)14(24)10-13/h7-8,10-11,17,19,25H,6,9H2,1-5H3/t11-,17+,19+/m0/s1. The number of ketones is 1. The minimum atomic E-state index is -0.920. The van der Waals surface area contributed by atoms with Crippen LogP contribution in [0.15, 0.2) is 45.2 Å². The zero-order valence-electron chi connectivity index (χ0n) is 18.2. The molecule has 0 amide bonds. The van der Waals surface area contributed by atoms with E-state index in [2.05, 4.69) is 21.2 Å². The fourth-order valence-electron chi connectivity index (χ4n) is 4.36. The summed E-state index contributed by atoms with van der Waals surface area (Å²) in [7, 11) is 2.84. The van der Waals surface area contributed by atoms with Gasteiger partial charge >= 0.3 is 11.9 Å². The molecule has 0 unspecified atom stereocenters. The lowest BCUT2D eigenvalue weighted by molar-refractivity contribution is -0.151. The van der Waals surface area contributed by atoms with Crippen molar-refractivity contribution in [1.29, 1.82) is 0 Å². The Bertz CT molecular complexity index is 996. The van der Waals surface area contributed by atoms with E-state index in [1.54, 1.807) is 27.0 Å². The highest BCUT2D eigenvalue weighted by Gasteiger charge is 2.47. The van der Waals surface area contributed by atoms with Gasteiger partial charge < -0.3 is 19.5 Å². The summed E-state index contributed by atoms with van der Waals surface area (Å²) in [6, 6.07) is 5.41. The number of benzene rings is 1. The van der Waals surface area contributed by atoms with Crippen LogP contribution in [0.3, 0.4) is 0 Å². The molecule has 0 bridgehead atoms. The van der Waals surface area contributed by atoms with Crippen LogP contribution in [0, 0.1) is 11.8 Å². The molecule has 7 nitrogen and oxygen atoms in total. The number of Topliss-reactive ketones (excluding diaryl/α,β-unsaturated/α-hetero) is 1. The molecule has 1 aliphatic heterocycles. The summed E-state index contributed by atoms with van der Waals surface area (Å²) in [5, 5.41) is 3.23. The molecule has 1 N–H and O–H groups in total. The monoisotopic (exact) mass is 491 g/mol. The molecule has 2 aliphatic rings. The van der Waals surface area contributed by atoms with Gasteiger partial charge in [0.15, 0.2) is 5.78 Å². The number of rotatable bonds is 5. The number of allylic oxidation sites excluding steroid dienone is 3. The summed E-state index contributed by atoms with van der Waals surface area (Å²) in [6.07, 6.45) is 0.488. The summed E-state index contributed by atoms with van der Waals surface area (Å²) >= 11 is 3.49. The number of hydrogen-bond acceptors (Lipinski definition) is 7. The Morgan fingerprint density at radius 2 is 1.97 bits per heavy atom. The molecule has 0 fully saturated rings. The fourth-order valence-corrected chi connectivity index (χ4v) is 4.91. The molecular formula is C23H26BrNO6. The number of carbonyl (C=O) groups excluding carboxylic acids is 3. The molecule has 0 saturated carbocycles. The van der Waals surface area contributed by atoms with Crippen molar-refractivity contribution in [3.63, 3.8) is 0 Å². The van der Waals surface area contributed by atoms with Crippen LogP contribution >= 0.6 is 15.9 Å². The number of dihydropyridines is 1. The van der Waals surface area contributed by atoms with Gasteiger partial charge in [0.2, 0.25) is 0 Å². The number of ether oxygens (including phenoxy) is 3. The van der Waals surface area contributed by atoms with E-state index in [1.165, 1.54) is 7.11 Å². The number of halogens is 1. The van der Waals surface area contributed by atoms with Crippen molar-refractivity contribution in [3.05, 3.63) is 50.8 Å². The molecule has 0 radical (unpaired) electrons. The zero-order valence-corrected chi connectivity index (χ0v) is 19.8. The van der Waals surface area contributed by atoms with E-state index in [0.717, 1.165) is 11.3 Å². The number of nitrogens with one attached hydrogen (secondary N) is 1. The first kappa shape index (κ1) is 23.1. The highest BCUT2D eigenvalue weighted by molar-refractivity contribution is 9.10. The fraction of sp³-hybridized carbons (Fsp3) is 0.435. The smallest absolute Gasteiger partial charge is 0.336 e. The molecule has 1 heterocycles. The first-order valence-corrected chi connectivity index (χ1v) is 10.9. The number of methoxy groups -OCH3 is 2. The Morgan fingerprint density at radius 3 is 2.55 bits per heavy atom. The van der Waals surface area contributed by atoms with Crippen molar-refractivity contribution in [2.24, 2.45) is 11.8 Å². The van der Waals surface area contributed by atoms with Gasteiger partial charge in [0.05, 0.1) is 30.9 Å². The normalized spacial score (nSPS) is 23.2. The van der Waals surface area contributed by atoms with Gasteiger partial charge in [-0.2, -0.15) is 0 Å². The van der Waals surface area contributed by atoms with Gasteiger partial charge in [0.1, 0.15) is 11.7 Å². The molecule has 31 heavy (non-hydrogen) atoms. The van der Waals surface area contributed by atoms with Crippen molar-refractivity contribution >= 4 is 33.7 Å². The maximum Gasteiger partial charge on any atom is 0.336 e. The molecule has 1 aromatic rings. The van der Waals surface area contributed by atoms with E-state index >= 15 is 0 Å². The Hall–Kier alpha value is -2.61. The van der Waals surface area contributed by atoms with Crippen molar-refractivity contribution in [2.75, 3.05) is 20.8 Å². The van der Waals surface area contributed by atoms with E-state index in [9.17, 15) is 14.4 Å². The Kier molecular flexibility index (Phi) is 6.89. The van der Waals surface area contributed by atoms with E-state index in [0.29, 0.717) is 33.5 Å². The van der Waals surface area contributed by atoms with Crippen LogP contribution < -0.4 is 10.1 Å². The van der Waals surface area contributed by atoms with Gasteiger partial charge in [0, 0.05) is 22.9 Å². The third-order valence-corrected chi connectivity index (χ3v) is 6.37. The van der Waals surface area contributed by atoms with Gasteiger partial charge in [-0.15, -0.1) is 0 Å². The number of esters is 2. The summed E-state index contributed by atoms with van der Waals surface area (Å²) in [4.78, 5) is 38.9.